The van der Waals surface area contributed by atoms with Gasteiger partial charge in [0.1, 0.15) is 11.3 Å². The second kappa shape index (κ2) is 10.7. The van der Waals surface area contributed by atoms with E-state index in [9.17, 15) is 18.4 Å². The molecule has 1 amide bonds. The number of nitrogens with one attached hydrogen (secondary N) is 1. The van der Waals surface area contributed by atoms with Gasteiger partial charge in [0, 0.05) is 13.5 Å². The van der Waals surface area contributed by atoms with Crippen LogP contribution >= 0.6 is 0 Å². The van der Waals surface area contributed by atoms with Crippen LogP contribution in [0.3, 0.4) is 0 Å². The average molecular weight is 447 g/mol. The van der Waals surface area contributed by atoms with Crippen LogP contribution in [0.2, 0.25) is 0 Å². The Morgan fingerprint density at radius 3 is 2.69 bits per heavy atom. The van der Waals surface area contributed by atoms with Gasteiger partial charge in [0.15, 0.2) is 11.7 Å². The number of allylic oxidation sites excluding steroid dienone is 5. The number of carbonyl (C=O) groups is 2. The molecule has 2 N–H and O–H groups in total. The minimum absolute atomic E-state index is 0.00437. The number of hydrogen-bond acceptors (Lipinski definition) is 4. The number of amides is 1. The van der Waals surface area contributed by atoms with Gasteiger partial charge in [-0.15, -0.1) is 0 Å². The van der Waals surface area contributed by atoms with E-state index in [2.05, 4.69) is 17.0 Å². The number of carbonyl (C=O) groups excluding carboxylic acids is 1. The lowest BCUT2D eigenvalue weighted by molar-refractivity contribution is -0.132. The first-order valence-corrected chi connectivity index (χ1v) is 10.1. The third kappa shape index (κ3) is 5.81. The van der Waals surface area contributed by atoms with Crippen LogP contribution in [0.1, 0.15) is 49.2 Å². The van der Waals surface area contributed by atoms with E-state index >= 15 is 0 Å². The molecule has 1 aliphatic rings. The Kier molecular flexibility index (Phi) is 8.28. The van der Waals surface area contributed by atoms with Crippen molar-refractivity contribution in [2.75, 3.05) is 0 Å². The maximum Gasteiger partial charge on any atom is 0.335 e. The molecule has 0 radical (unpaired) electrons. The highest BCUT2D eigenvalue weighted by Gasteiger charge is 2.26. The van der Waals surface area contributed by atoms with Gasteiger partial charge in [-0.1, -0.05) is 18.7 Å². The maximum absolute atomic E-state index is 14.3. The van der Waals surface area contributed by atoms with Crippen molar-refractivity contribution in [3.8, 4) is 5.88 Å². The lowest BCUT2D eigenvalue weighted by Gasteiger charge is -2.16. The Balaban J connectivity index is 2.23. The van der Waals surface area contributed by atoms with E-state index in [1.807, 2.05) is 0 Å². The fraction of sp³-hybridized carbons (Fsp3) is 0.348. The quantitative estimate of drug-likeness (QED) is 0.449. The lowest BCUT2D eigenvalue weighted by Crippen LogP contribution is -2.33. The van der Waals surface area contributed by atoms with Gasteiger partial charge in [-0.25, -0.2) is 18.3 Å². The minimum atomic E-state index is -1.09. The first-order chi connectivity index (χ1) is 15.1. The Bertz CT molecular complexity index is 1050. The molecular weight excluding hydrogens is 420 g/mol. The zero-order valence-electron chi connectivity index (χ0n) is 18.5. The van der Waals surface area contributed by atoms with Crippen molar-refractivity contribution in [1.29, 1.82) is 0 Å². The molecular formula is C23H27F2N3O4. The van der Waals surface area contributed by atoms with Crippen molar-refractivity contribution in [3.05, 3.63) is 70.7 Å². The third-order valence-electron chi connectivity index (χ3n) is 4.94. The van der Waals surface area contributed by atoms with Crippen molar-refractivity contribution in [2.24, 2.45) is 7.05 Å². The summed E-state index contributed by atoms with van der Waals surface area (Å²) in [6.45, 7) is 8.74. The van der Waals surface area contributed by atoms with E-state index < -0.39 is 29.6 Å². The molecule has 0 bridgehead atoms. The summed E-state index contributed by atoms with van der Waals surface area (Å²) in [5.41, 5.74) is 0.988. The number of carboxylic acids is 1. The number of nitrogens with zero attached hydrogens (tertiary/aromatic N) is 2. The number of ether oxygens (including phenoxy) is 1. The Labute approximate surface area is 185 Å². The number of hydrogen-bond donors (Lipinski definition) is 2. The molecule has 1 atom stereocenters. The minimum Gasteiger partial charge on any atom is -0.478 e. The highest BCUT2D eigenvalue weighted by Crippen LogP contribution is 2.31. The van der Waals surface area contributed by atoms with Gasteiger partial charge in [-0.2, -0.15) is 5.10 Å². The van der Waals surface area contributed by atoms with E-state index in [0.29, 0.717) is 24.1 Å². The molecule has 0 aliphatic heterocycles. The standard InChI is InChI=1S/C23H27F2N3O4/c1-6-16(23(30)31)12-11-13(2)14(3)26-21(29)19-15(4)27-28(5)22(19)32-18-10-8-7-9-17(24)20(18)25/h6,9,11-12,14H,2,7-8,10H2,1,3-5H3,(H,26,29)(H,30,31). The first kappa shape index (κ1) is 24.8. The maximum atomic E-state index is 14.3. The Morgan fingerprint density at radius 1 is 1.38 bits per heavy atom. The molecule has 32 heavy (non-hydrogen) atoms. The van der Waals surface area contributed by atoms with Crippen LogP contribution in [-0.4, -0.2) is 32.8 Å². The third-order valence-corrected chi connectivity index (χ3v) is 4.94. The Morgan fingerprint density at radius 2 is 2.06 bits per heavy atom. The Hall–Kier alpha value is -3.49. The van der Waals surface area contributed by atoms with Crippen LogP contribution in [0, 0.1) is 6.92 Å². The van der Waals surface area contributed by atoms with Crippen molar-refractivity contribution < 1.29 is 28.2 Å². The van der Waals surface area contributed by atoms with Crippen LogP contribution in [0.15, 0.2) is 59.4 Å². The summed E-state index contributed by atoms with van der Waals surface area (Å²) in [7, 11) is 1.54. The van der Waals surface area contributed by atoms with Crippen LogP contribution in [-0.2, 0) is 11.8 Å². The molecule has 1 heterocycles. The van der Waals surface area contributed by atoms with Gasteiger partial charge in [0.05, 0.1) is 17.3 Å². The van der Waals surface area contributed by atoms with E-state index in [1.54, 1.807) is 20.8 Å². The summed E-state index contributed by atoms with van der Waals surface area (Å²) in [6.07, 6.45) is 6.56. The number of carboxylic acid groups (broad SMARTS) is 1. The molecule has 1 aliphatic carbocycles. The van der Waals surface area contributed by atoms with E-state index in [1.165, 1.54) is 30.0 Å². The summed E-state index contributed by atoms with van der Waals surface area (Å²) >= 11 is 0. The summed E-state index contributed by atoms with van der Waals surface area (Å²) in [6, 6.07) is -0.549. The predicted octanol–water partition coefficient (Wildman–Crippen LogP) is 4.59. The zero-order valence-corrected chi connectivity index (χ0v) is 18.5. The summed E-state index contributed by atoms with van der Waals surface area (Å²) < 4.78 is 35.1. The SMILES string of the molecule is C=C(C=CC(=CC)C(=O)O)C(C)NC(=O)c1c(C)nn(C)c1OC1=C(F)C(F)=CCCC1. The zero-order chi connectivity index (χ0) is 24.0. The van der Waals surface area contributed by atoms with Gasteiger partial charge in [-0.05, 0) is 51.3 Å². The largest absolute Gasteiger partial charge is 0.478 e. The first-order valence-electron chi connectivity index (χ1n) is 10.1. The van der Waals surface area contributed by atoms with Gasteiger partial charge >= 0.3 is 5.97 Å². The molecule has 1 aromatic rings. The fourth-order valence-corrected chi connectivity index (χ4v) is 3.05. The van der Waals surface area contributed by atoms with Crippen molar-refractivity contribution in [1.82, 2.24) is 15.1 Å². The van der Waals surface area contributed by atoms with Crippen LogP contribution in [0.25, 0.3) is 0 Å². The molecule has 0 fully saturated rings. The lowest BCUT2D eigenvalue weighted by atomic mass is 10.1. The number of aryl methyl sites for hydroxylation is 2. The van der Waals surface area contributed by atoms with Crippen molar-refractivity contribution in [2.45, 2.75) is 46.1 Å². The van der Waals surface area contributed by atoms with Gasteiger partial charge in [0.25, 0.3) is 5.91 Å². The molecule has 7 nitrogen and oxygen atoms in total. The topological polar surface area (TPSA) is 93.5 Å². The summed E-state index contributed by atoms with van der Waals surface area (Å²) in [5.74, 6) is -3.88. The molecule has 9 heteroatoms. The van der Waals surface area contributed by atoms with E-state index in [4.69, 9.17) is 9.84 Å². The highest BCUT2D eigenvalue weighted by atomic mass is 19.2. The highest BCUT2D eigenvalue weighted by molar-refractivity contribution is 5.98. The van der Waals surface area contributed by atoms with Gasteiger partial charge < -0.3 is 15.2 Å². The fourth-order valence-electron chi connectivity index (χ4n) is 3.05. The molecule has 1 aromatic heterocycles. The number of aliphatic carboxylic acids is 1. The average Bonchev–Trinajstić information content (AvgIpc) is 2.91. The van der Waals surface area contributed by atoms with Crippen LogP contribution < -0.4 is 10.1 Å². The number of rotatable bonds is 8. The normalized spacial score (nSPS) is 15.9. The molecule has 1 unspecified atom stereocenters. The van der Waals surface area contributed by atoms with Gasteiger partial charge in [-0.3, -0.25) is 4.79 Å². The molecule has 0 aromatic carbocycles. The predicted molar refractivity (Wildman–Crippen MR) is 116 cm³/mol. The smallest absolute Gasteiger partial charge is 0.335 e. The number of aromatic nitrogens is 2. The molecule has 2 rings (SSSR count). The molecule has 172 valence electrons. The van der Waals surface area contributed by atoms with E-state index in [-0.39, 0.29) is 29.2 Å². The second-order valence-corrected chi connectivity index (χ2v) is 7.33. The van der Waals surface area contributed by atoms with Crippen LogP contribution in [0.5, 0.6) is 5.88 Å². The number of halogens is 2. The van der Waals surface area contributed by atoms with Gasteiger partial charge in [0.2, 0.25) is 5.88 Å². The summed E-state index contributed by atoms with van der Waals surface area (Å²) in [4.78, 5) is 24.0. The molecule has 0 saturated heterocycles. The second-order valence-electron chi connectivity index (χ2n) is 7.33. The van der Waals surface area contributed by atoms with Crippen LogP contribution in [0.4, 0.5) is 8.78 Å². The van der Waals surface area contributed by atoms with E-state index in [0.717, 1.165) is 6.08 Å². The van der Waals surface area contributed by atoms with Crippen molar-refractivity contribution >= 4 is 11.9 Å². The van der Waals surface area contributed by atoms with Crippen molar-refractivity contribution in [3.63, 3.8) is 0 Å². The molecule has 0 spiro atoms. The summed E-state index contributed by atoms with van der Waals surface area (Å²) in [5, 5.41) is 16.0. The molecule has 0 saturated carbocycles. The monoisotopic (exact) mass is 447 g/mol.